The van der Waals surface area contributed by atoms with Crippen molar-refractivity contribution in [3.63, 3.8) is 0 Å². The molecule has 0 amide bonds. The Hall–Kier alpha value is -1.98. The molecule has 2 heterocycles. The highest BCUT2D eigenvalue weighted by Gasteiger charge is 2.26. The molecule has 1 aromatic heterocycles. The number of aromatic amines is 1. The Kier molecular flexibility index (Phi) is 3.91. The number of aromatic nitrogens is 2. The van der Waals surface area contributed by atoms with Crippen LogP contribution in [0.5, 0.6) is 0 Å². The van der Waals surface area contributed by atoms with E-state index in [4.69, 9.17) is 4.74 Å². The Morgan fingerprint density at radius 3 is 2.84 bits per heavy atom. The number of hydrogen-bond acceptors (Lipinski definition) is 4. The van der Waals surface area contributed by atoms with Crippen molar-refractivity contribution in [2.24, 2.45) is 0 Å². The zero-order chi connectivity index (χ0) is 16.6. The summed E-state index contributed by atoms with van der Waals surface area (Å²) >= 11 is 1.87. The maximum absolute atomic E-state index is 5.64. The van der Waals surface area contributed by atoms with E-state index < -0.39 is 0 Å². The maximum atomic E-state index is 5.64. The van der Waals surface area contributed by atoms with Gasteiger partial charge in [0.15, 0.2) is 0 Å². The summed E-state index contributed by atoms with van der Waals surface area (Å²) in [6.07, 6.45) is 4.44. The van der Waals surface area contributed by atoms with Crippen LogP contribution >= 0.6 is 11.8 Å². The molecule has 25 heavy (non-hydrogen) atoms. The Labute approximate surface area is 151 Å². The molecular weight excluding hydrogens is 330 g/mol. The van der Waals surface area contributed by atoms with Gasteiger partial charge in [-0.15, -0.1) is 0 Å². The molecule has 127 valence electrons. The third-order valence-electron chi connectivity index (χ3n) is 4.91. The molecule has 1 atom stereocenters. The molecule has 1 aliphatic heterocycles. The number of fused-ring (bicyclic) bond motifs is 1. The van der Waals surface area contributed by atoms with Crippen LogP contribution in [0.3, 0.4) is 0 Å². The molecule has 1 radical (unpaired) electrons. The lowest BCUT2D eigenvalue weighted by molar-refractivity contribution is 0.172. The topological polar surface area (TPSA) is 41.2 Å². The second kappa shape index (κ2) is 6.39. The SMILES string of the molecule is [CH]1CN(c2ccc3[nH]cnc3c2)C(Sc2ccc(C3CC3)cc2)CO1. The third-order valence-corrected chi connectivity index (χ3v) is 6.12. The average molecular weight is 350 g/mol. The van der Waals surface area contributed by atoms with E-state index in [1.807, 2.05) is 18.4 Å². The zero-order valence-electron chi connectivity index (χ0n) is 13.9. The Bertz CT molecular complexity index is 872. The molecule has 0 bridgehead atoms. The highest BCUT2D eigenvalue weighted by molar-refractivity contribution is 8.00. The van der Waals surface area contributed by atoms with Crippen LogP contribution in [0.4, 0.5) is 5.69 Å². The van der Waals surface area contributed by atoms with E-state index in [2.05, 4.69) is 57.3 Å². The number of hydrogen-bond donors (Lipinski definition) is 1. The third kappa shape index (κ3) is 3.14. The minimum atomic E-state index is 0.258. The summed E-state index contributed by atoms with van der Waals surface area (Å²) in [7, 11) is 0. The van der Waals surface area contributed by atoms with Crippen LogP contribution in [0.1, 0.15) is 24.3 Å². The molecule has 2 aromatic carbocycles. The van der Waals surface area contributed by atoms with Crippen LogP contribution in [-0.4, -0.2) is 28.5 Å². The number of H-pyrrole nitrogens is 1. The molecule has 2 aliphatic rings. The van der Waals surface area contributed by atoms with Gasteiger partial charge in [-0.3, -0.25) is 0 Å². The lowest BCUT2D eigenvalue weighted by Crippen LogP contribution is -2.41. The lowest BCUT2D eigenvalue weighted by Gasteiger charge is -2.36. The number of anilines is 1. The average Bonchev–Trinajstić information content (AvgIpc) is 3.40. The van der Waals surface area contributed by atoms with Gasteiger partial charge in [0.05, 0.1) is 24.0 Å². The van der Waals surface area contributed by atoms with E-state index in [-0.39, 0.29) is 5.37 Å². The number of nitrogens with zero attached hydrogens (tertiary/aromatic N) is 2. The molecule has 2 fully saturated rings. The standard InChI is InChI=1S/C20H20N3OS/c1-2-14(1)15-3-6-17(7-4-15)25-20-12-24-10-9-23(20)16-5-8-18-19(11-16)22-13-21-18/h3-8,10-11,13-14,20H,1-2,9,12H2,(H,21,22). The van der Waals surface area contributed by atoms with Crippen LogP contribution in [0.25, 0.3) is 11.0 Å². The van der Waals surface area contributed by atoms with Gasteiger partial charge < -0.3 is 14.6 Å². The minimum Gasteiger partial charge on any atom is -0.371 e. The number of thioether (sulfide) groups is 1. The van der Waals surface area contributed by atoms with Gasteiger partial charge in [-0.1, -0.05) is 23.9 Å². The Morgan fingerprint density at radius 2 is 2.00 bits per heavy atom. The lowest BCUT2D eigenvalue weighted by atomic mass is 10.1. The first kappa shape index (κ1) is 15.3. The summed E-state index contributed by atoms with van der Waals surface area (Å²) in [6.45, 7) is 3.36. The van der Waals surface area contributed by atoms with E-state index >= 15 is 0 Å². The summed E-state index contributed by atoms with van der Waals surface area (Å²) in [6, 6.07) is 15.5. The van der Waals surface area contributed by atoms with Crippen molar-refractivity contribution in [2.75, 3.05) is 18.1 Å². The van der Waals surface area contributed by atoms with Crippen LogP contribution in [0.15, 0.2) is 53.7 Å². The highest BCUT2D eigenvalue weighted by atomic mass is 32.2. The number of rotatable bonds is 4. The van der Waals surface area contributed by atoms with E-state index in [1.165, 1.54) is 29.0 Å². The molecule has 3 aromatic rings. The first-order valence-electron chi connectivity index (χ1n) is 8.76. The summed E-state index contributed by atoms with van der Waals surface area (Å²) < 4.78 is 5.64. The first-order valence-corrected chi connectivity index (χ1v) is 9.64. The summed E-state index contributed by atoms with van der Waals surface area (Å²) in [4.78, 5) is 11.2. The second-order valence-electron chi connectivity index (χ2n) is 6.67. The summed E-state index contributed by atoms with van der Waals surface area (Å²) in [5.74, 6) is 0.809. The number of imidazole rings is 1. The molecule has 1 unspecified atom stereocenters. The monoisotopic (exact) mass is 350 g/mol. The fourth-order valence-corrected chi connectivity index (χ4v) is 4.44. The van der Waals surface area contributed by atoms with Crippen molar-refractivity contribution in [1.29, 1.82) is 0 Å². The molecule has 0 spiro atoms. The first-order chi connectivity index (χ1) is 12.4. The van der Waals surface area contributed by atoms with E-state index in [0.717, 1.165) is 23.5 Å². The largest absolute Gasteiger partial charge is 0.371 e. The van der Waals surface area contributed by atoms with Gasteiger partial charge in [0.25, 0.3) is 0 Å². The molecule has 5 heteroatoms. The summed E-state index contributed by atoms with van der Waals surface area (Å²) in [5.41, 5.74) is 4.74. The molecule has 5 rings (SSSR count). The van der Waals surface area contributed by atoms with Crippen LogP contribution < -0.4 is 4.90 Å². The predicted molar refractivity (Wildman–Crippen MR) is 102 cm³/mol. The van der Waals surface area contributed by atoms with Crippen molar-refractivity contribution < 1.29 is 4.74 Å². The van der Waals surface area contributed by atoms with Gasteiger partial charge in [0.2, 0.25) is 0 Å². The predicted octanol–water partition coefficient (Wildman–Crippen LogP) is 4.56. The van der Waals surface area contributed by atoms with Gasteiger partial charge in [-0.2, -0.15) is 0 Å². The number of ether oxygens (including phenoxy) is 1. The van der Waals surface area contributed by atoms with Crippen LogP contribution in [0, 0.1) is 6.61 Å². The molecule has 1 saturated heterocycles. The van der Waals surface area contributed by atoms with Crippen molar-refractivity contribution in [3.8, 4) is 0 Å². The van der Waals surface area contributed by atoms with Crippen molar-refractivity contribution in [3.05, 3.63) is 61.0 Å². The van der Waals surface area contributed by atoms with E-state index in [1.54, 1.807) is 6.33 Å². The Morgan fingerprint density at radius 1 is 1.12 bits per heavy atom. The normalized spacial score (nSPS) is 21.0. The number of benzene rings is 2. The van der Waals surface area contributed by atoms with Crippen molar-refractivity contribution in [1.82, 2.24) is 9.97 Å². The zero-order valence-corrected chi connectivity index (χ0v) is 14.7. The highest BCUT2D eigenvalue weighted by Crippen LogP contribution is 2.41. The van der Waals surface area contributed by atoms with Gasteiger partial charge in [0, 0.05) is 17.1 Å². The second-order valence-corrected chi connectivity index (χ2v) is 7.92. The van der Waals surface area contributed by atoms with Crippen LogP contribution in [0.2, 0.25) is 0 Å². The van der Waals surface area contributed by atoms with Crippen molar-refractivity contribution >= 4 is 28.5 Å². The van der Waals surface area contributed by atoms with Gasteiger partial charge in [-0.25, -0.2) is 4.98 Å². The maximum Gasteiger partial charge on any atom is 0.103 e. The number of nitrogens with one attached hydrogen (secondary N) is 1. The van der Waals surface area contributed by atoms with Crippen molar-refractivity contribution in [2.45, 2.75) is 29.0 Å². The molecule has 1 N–H and O–H groups in total. The molecule has 4 nitrogen and oxygen atoms in total. The van der Waals surface area contributed by atoms with Gasteiger partial charge in [0.1, 0.15) is 12.0 Å². The van der Waals surface area contributed by atoms with E-state index in [0.29, 0.717) is 6.61 Å². The van der Waals surface area contributed by atoms with Gasteiger partial charge >= 0.3 is 0 Å². The molecular formula is C20H20N3OS. The molecule has 1 aliphatic carbocycles. The number of morpholine rings is 1. The summed E-state index contributed by atoms with van der Waals surface area (Å²) in [5, 5.41) is 0.258. The fourth-order valence-electron chi connectivity index (χ4n) is 3.35. The minimum absolute atomic E-state index is 0.258. The van der Waals surface area contributed by atoms with Crippen LogP contribution in [-0.2, 0) is 4.74 Å². The quantitative estimate of drug-likeness (QED) is 0.749. The van der Waals surface area contributed by atoms with E-state index in [9.17, 15) is 0 Å². The Balaban J connectivity index is 1.37. The molecule has 1 saturated carbocycles. The fraction of sp³-hybridized carbons (Fsp3) is 0.300. The smallest absolute Gasteiger partial charge is 0.103 e. The van der Waals surface area contributed by atoms with Gasteiger partial charge in [-0.05, 0) is 54.7 Å².